The summed E-state index contributed by atoms with van der Waals surface area (Å²) in [6.45, 7) is 5.62. The number of rotatable bonds is 8. The molecule has 152 valence electrons. The summed E-state index contributed by atoms with van der Waals surface area (Å²) in [5, 5.41) is 0. The molecule has 0 radical (unpaired) electrons. The van der Waals surface area contributed by atoms with Crippen molar-refractivity contribution in [2.24, 2.45) is 0 Å². The van der Waals surface area contributed by atoms with E-state index in [0.717, 1.165) is 34.8 Å². The van der Waals surface area contributed by atoms with E-state index >= 15 is 0 Å². The van der Waals surface area contributed by atoms with Crippen molar-refractivity contribution in [3.05, 3.63) is 114 Å². The van der Waals surface area contributed by atoms with E-state index in [2.05, 4.69) is 66.2 Å². The van der Waals surface area contributed by atoms with Gasteiger partial charge in [-0.1, -0.05) is 66.7 Å². The molecule has 0 aliphatic rings. The Bertz CT molecular complexity index is 1050. The molecule has 0 spiro atoms. The first kappa shape index (κ1) is 19.8. The maximum Gasteiger partial charge on any atom is 0.180 e. The maximum atomic E-state index is 6.31. The molecule has 4 aromatic rings. The Hall–Kier alpha value is -3.53. The number of hydrogen-bond donors (Lipinski definition) is 0. The number of para-hydroxylation sites is 2. The molecule has 4 heteroatoms. The Morgan fingerprint density at radius 2 is 1.57 bits per heavy atom. The average molecular weight is 399 g/mol. The lowest BCUT2D eigenvalue weighted by molar-refractivity contribution is 0.296. The molecule has 1 heterocycles. The van der Waals surface area contributed by atoms with Gasteiger partial charge in [0.1, 0.15) is 29.9 Å². The van der Waals surface area contributed by atoms with Crippen LogP contribution in [0.5, 0.6) is 5.75 Å². The normalized spacial score (nSPS) is 12.9. The fraction of sp³-hybridized carbons (Fsp3) is 0.192. The Balaban J connectivity index is 1.79. The molecule has 4 rings (SSSR count). The molecule has 3 aromatic carbocycles. The first-order valence-electron chi connectivity index (χ1n) is 10.2. The van der Waals surface area contributed by atoms with Gasteiger partial charge in [0.25, 0.3) is 0 Å². The molecule has 4 nitrogen and oxygen atoms in total. The van der Waals surface area contributed by atoms with Crippen molar-refractivity contribution >= 4 is 5.69 Å². The lowest BCUT2D eigenvalue weighted by atomic mass is 9.85. The van der Waals surface area contributed by atoms with Gasteiger partial charge >= 0.3 is 0 Å². The molecule has 1 aromatic heterocycles. The van der Waals surface area contributed by atoms with E-state index < -0.39 is 5.54 Å². The first-order chi connectivity index (χ1) is 14.7. The summed E-state index contributed by atoms with van der Waals surface area (Å²) in [5.74, 6) is 0.834. The summed E-state index contributed by atoms with van der Waals surface area (Å²) >= 11 is 0. The van der Waals surface area contributed by atoms with Crippen molar-refractivity contribution in [1.29, 1.82) is 0 Å². The molecular formula is C26H26N2O2. The van der Waals surface area contributed by atoms with Crippen molar-refractivity contribution in [3.8, 4) is 5.75 Å². The van der Waals surface area contributed by atoms with Gasteiger partial charge in [0.2, 0.25) is 0 Å². The van der Waals surface area contributed by atoms with Crippen molar-refractivity contribution in [1.82, 2.24) is 4.98 Å². The zero-order chi connectivity index (χ0) is 20.8. The van der Waals surface area contributed by atoms with E-state index in [1.165, 1.54) is 6.39 Å². The molecule has 0 aliphatic heterocycles. The summed E-state index contributed by atoms with van der Waals surface area (Å²) < 4.78 is 11.7. The first-order valence-corrected chi connectivity index (χ1v) is 10.2. The summed E-state index contributed by atoms with van der Waals surface area (Å²) in [4.78, 5) is 6.88. The van der Waals surface area contributed by atoms with Crippen molar-refractivity contribution in [2.45, 2.75) is 26.0 Å². The second-order valence-corrected chi connectivity index (χ2v) is 7.30. The van der Waals surface area contributed by atoms with Gasteiger partial charge in [-0.3, -0.25) is 0 Å². The zero-order valence-electron chi connectivity index (χ0n) is 17.4. The highest BCUT2D eigenvalue weighted by Gasteiger charge is 2.39. The smallest absolute Gasteiger partial charge is 0.180 e. The molecule has 0 bridgehead atoms. The number of oxazole rings is 1. The van der Waals surface area contributed by atoms with Gasteiger partial charge in [-0.2, -0.15) is 0 Å². The second kappa shape index (κ2) is 8.87. The molecule has 0 aliphatic carbocycles. The van der Waals surface area contributed by atoms with Crippen LogP contribution in [-0.2, 0) is 12.1 Å². The molecule has 1 unspecified atom stereocenters. The van der Waals surface area contributed by atoms with E-state index in [1.54, 1.807) is 6.26 Å². The lowest BCUT2D eigenvalue weighted by Crippen LogP contribution is -2.45. The third-order valence-electron chi connectivity index (χ3n) is 5.50. The number of benzene rings is 3. The van der Waals surface area contributed by atoms with E-state index in [9.17, 15) is 0 Å². The zero-order valence-corrected chi connectivity index (χ0v) is 17.4. The summed E-state index contributed by atoms with van der Waals surface area (Å²) in [5.41, 5.74) is 3.55. The minimum atomic E-state index is -0.573. The van der Waals surface area contributed by atoms with Gasteiger partial charge in [0, 0.05) is 17.8 Å². The summed E-state index contributed by atoms with van der Waals surface area (Å²) in [6, 6.07) is 28.8. The van der Waals surface area contributed by atoms with Crippen LogP contribution in [0.1, 0.15) is 30.7 Å². The van der Waals surface area contributed by atoms with Crippen LogP contribution >= 0.6 is 0 Å². The molecule has 30 heavy (non-hydrogen) atoms. The van der Waals surface area contributed by atoms with Crippen molar-refractivity contribution < 1.29 is 9.15 Å². The third kappa shape index (κ3) is 3.81. The van der Waals surface area contributed by atoms with E-state index in [1.807, 2.05) is 42.5 Å². The minimum absolute atomic E-state index is 0.504. The lowest BCUT2D eigenvalue weighted by Gasteiger charge is -2.42. The van der Waals surface area contributed by atoms with Crippen LogP contribution in [0.25, 0.3) is 0 Å². The monoisotopic (exact) mass is 398 g/mol. The van der Waals surface area contributed by atoms with Gasteiger partial charge in [0.05, 0.1) is 0 Å². The summed E-state index contributed by atoms with van der Waals surface area (Å²) in [7, 11) is 0. The van der Waals surface area contributed by atoms with Crippen LogP contribution in [-0.4, -0.2) is 11.5 Å². The van der Waals surface area contributed by atoms with Crippen LogP contribution in [0.15, 0.2) is 102 Å². The second-order valence-electron chi connectivity index (χ2n) is 7.30. The SMILES string of the molecule is CCN(c1ccccc1)C(C)(c1cocn1)c1ccccc1OCc1ccccc1. The van der Waals surface area contributed by atoms with E-state index in [4.69, 9.17) is 9.15 Å². The third-order valence-corrected chi connectivity index (χ3v) is 5.50. The number of nitrogens with zero attached hydrogens (tertiary/aromatic N) is 2. The Labute approximate surface area is 177 Å². The highest BCUT2D eigenvalue weighted by Crippen LogP contribution is 2.42. The predicted molar refractivity (Wildman–Crippen MR) is 120 cm³/mol. The van der Waals surface area contributed by atoms with Crippen LogP contribution in [0.3, 0.4) is 0 Å². The molecule has 0 fully saturated rings. The minimum Gasteiger partial charge on any atom is -0.489 e. The molecule has 1 atom stereocenters. The average Bonchev–Trinajstić information content (AvgIpc) is 3.35. The van der Waals surface area contributed by atoms with Gasteiger partial charge in [-0.25, -0.2) is 4.98 Å². The van der Waals surface area contributed by atoms with Crippen molar-refractivity contribution in [3.63, 3.8) is 0 Å². The quantitative estimate of drug-likeness (QED) is 0.362. The highest BCUT2D eigenvalue weighted by atomic mass is 16.5. The number of anilines is 1. The molecule has 0 saturated carbocycles. The fourth-order valence-corrected chi connectivity index (χ4v) is 3.97. The maximum absolute atomic E-state index is 6.31. The number of ether oxygens (including phenoxy) is 1. The van der Waals surface area contributed by atoms with E-state index in [-0.39, 0.29) is 0 Å². The van der Waals surface area contributed by atoms with Gasteiger partial charge in [-0.05, 0) is 37.6 Å². The van der Waals surface area contributed by atoms with Crippen molar-refractivity contribution in [2.75, 3.05) is 11.4 Å². The topological polar surface area (TPSA) is 38.5 Å². The molecule has 0 saturated heterocycles. The van der Waals surface area contributed by atoms with Crippen LogP contribution in [0.2, 0.25) is 0 Å². The molecule has 0 N–H and O–H groups in total. The highest BCUT2D eigenvalue weighted by molar-refractivity contribution is 5.57. The Morgan fingerprint density at radius 3 is 2.23 bits per heavy atom. The van der Waals surface area contributed by atoms with Crippen LogP contribution in [0, 0.1) is 0 Å². The van der Waals surface area contributed by atoms with Gasteiger partial charge in [-0.15, -0.1) is 0 Å². The van der Waals surface area contributed by atoms with Crippen LogP contribution < -0.4 is 9.64 Å². The number of hydrogen-bond acceptors (Lipinski definition) is 4. The number of aromatic nitrogens is 1. The standard InChI is InChI=1S/C26H26N2O2/c1-3-28(22-14-8-5-9-15-22)26(2,25-19-29-20-27-25)23-16-10-11-17-24(23)30-18-21-12-6-4-7-13-21/h4-17,19-20H,3,18H2,1-2H3. The fourth-order valence-electron chi connectivity index (χ4n) is 3.97. The van der Waals surface area contributed by atoms with Gasteiger partial charge in [0.15, 0.2) is 6.39 Å². The van der Waals surface area contributed by atoms with Crippen LogP contribution in [0.4, 0.5) is 5.69 Å². The Kier molecular flexibility index (Phi) is 5.84. The Morgan fingerprint density at radius 1 is 0.900 bits per heavy atom. The predicted octanol–water partition coefficient (Wildman–Crippen LogP) is 6.04. The molecule has 0 amide bonds. The largest absolute Gasteiger partial charge is 0.489 e. The van der Waals surface area contributed by atoms with E-state index in [0.29, 0.717) is 6.61 Å². The molecular weight excluding hydrogens is 372 g/mol. The van der Waals surface area contributed by atoms with Gasteiger partial charge < -0.3 is 14.1 Å². The summed E-state index contributed by atoms with van der Waals surface area (Å²) in [6.07, 6.45) is 3.21.